The van der Waals surface area contributed by atoms with Crippen molar-refractivity contribution in [3.63, 3.8) is 0 Å². The molecule has 1 aromatic heterocycles. The van der Waals surface area contributed by atoms with Gasteiger partial charge in [0.25, 0.3) is 5.56 Å². The molecule has 1 saturated heterocycles. The van der Waals surface area contributed by atoms with Crippen molar-refractivity contribution in [1.29, 1.82) is 0 Å². The fourth-order valence-electron chi connectivity index (χ4n) is 6.28. The minimum atomic E-state index is -1.63. The number of aromatic hydroxyl groups is 1. The molecule has 3 aliphatic rings. The van der Waals surface area contributed by atoms with Gasteiger partial charge in [0.05, 0.1) is 5.69 Å². The quantitative estimate of drug-likeness (QED) is 0.428. The molecule has 2 fully saturated rings. The molecule has 2 heterocycles. The van der Waals surface area contributed by atoms with Crippen molar-refractivity contribution in [2.75, 3.05) is 25.0 Å². The lowest BCUT2D eigenvalue weighted by Gasteiger charge is -2.26. The van der Waals surface area contributed by atoms with Crippen LogP contribution in [-0.2, 0) is 19.4 Å². The maximum atomic E-state index is 12.5. The zero-order chi connectivity index (χ0) is 25.0. The van der Waals surface area contributed by atoms with E-state index in [1.165, 1.54) is 11.3 Å². The van der Waals surface area contributed by atoms with Crippen molar-refractivity contribution in [3.05, 3.63) is 75.6 Å². The Labute approximate surface area is 220 Å². The van der Waals surface area contributed by atoms with Crippen LogP contribution in [0.5, 0.6) is 11.5 Å². The van der Waals surface area contributed by atoms with Crippen LogP contribution in [0.3, 0.4) is 0 Å². The molecule has 0 radical (unpaired) electrons. The molecule has 0 amide bonds. The molecular formula is C28H30ClN3O5. The van der Waals surface area contributed by atoms with Crippen molar-refractivity contribution in [1.82, 2.24) is 9.88 Å². The summed E-state index contributed by atoms with van der Waals surface area (Å²) < 4.78 is 4.54. The summed E-state index contributed by atoms with van der Waals surface area (Å²) >= 11 is 0. The molecule has 3 N–H and O–H groups in total. The Balaban J connectivity index is 0.00000280. The van der Waals surface area contributed by atoms with E-state index in [4.69, 9.17) is 5.11 Å². The summed E-state index contributed by atoms with van der Waals surface area (Å²) in [7, 11) is 2.23. The summed E-state index contributed by atoms with van der Waals surface area (Å²) in [6.45, 7) is 3.05. The zero-order valence-electron chi connectivity index (χ0n) is 20.5. The lowest BCUT2D eigenvalue weighted by molar-refractivity contribution is 0.142. The number of nitrogens with one attached hydrogen (secondary N) is 1. The summed E-state index contributed by atoms with van der Waals surface area (Å²) in [5.41, 5.74) is 4.82. The molecule has 0 bridgehead atoms. The number of benzene rings is 2. The van der Waals surface area contributed by atoms with Crippen LogP contribution in [0.25, 0.3) is 11.3 Å². The highest BCUT2D eigenvalue weighted by atomic mass is 35.5. The van der Waals surface area contributed by atoms with Gasteiger partial charge in [-0.2, -0.15) is 0 Å². The standard InChI is InChI=1S/C28H29N3O5.ClH/c1-30(13-16-6-3-2-4-7-16)24-21-14-31(15-22(21)24)18-10-11-19-17(12-18)8-5-9-20-23(19)29-27(33)26(25(20)32)36-28(34)35;/h2-4,6-7,10-12,21-22,24H,5,8-9,13-15H2,1H3,(H,34,35)(H2,29,32,33);1H/t21-,22+,24+;. The largest absolute Gasteiger partial charge is 0.511 e. The SMILES string of the molecule is CN(Cc1ccccc1)[C@H]1[C@@H]2CN(c3ccc4c(c3)CCCc3c-4[nH]c(=O)c(OC(=O)O)c3O)C[C@@H]21.Cl. The van der Waals surface area contributed by atoms with Crippen LogP contribution in [0.4, 0.5) is 10.5 Å². The molecule has 3 atom stereocenters. The number of carboxylic acid groups (broad SMARTS) is 1. The number of hydrogen-bond acceptors (Lipinski definition) is 6. The third-order valence-corrected chi connectivity index (χ3v) is 7.97. The monoisotopic (exact) mass is 523 g/mol. The van der Waals surface area contributed by atoms with Crippen LogP contribution >= 0.6 is 12.4 Å². The van der Waals surface area contributed by atoms with E-state index >= 15 is 0 Å². The van der Waals surface area contributed by atoms with Crippen molar-refractivity contribution in [2.24, 2.45) is 11.8 Å². The lowest BCUT2D eigenvalue weighted by atomic mass is 10.00. The highest BCUT2D eigenvalue weighted by molar-refractivity contribution is 5.85. The molecule has 6 rings (SSSR count). The Morgan fingerprint density at radius 3 is 2.57 bits per heavy atom. The molecule has 2 aliphatic carbocycles. The Morgan fingerprint density at radius 2 is 1.86 bits per heavy atom. The number of hydrogen-bond donors (Lipinski definition) is 3. The highest BCUT2D eigenvalue weighted by Crippen LogP contribution is 2.50. The molecule has 0 unspecified atom stereocenters. The van der Waals surface area contributed by atoms with E-state index in [0.29, 0.717) is 35.6 Å². The van der Waals surface area contributed by atoms with Crippen LogP contribution in [0.1, 0.15) is 23.1 Å². The number of rotatable bonds is 5. The molecular weight excluding hydrogens is 494 g/mol. The van der Waals surface area contributed by atoms with Gasteiger partial charge in [-0.3, -0.25) is 9.69 Å². The van der Waals surface area contributed by atoms with E-state index in [2.05, 4.69) is 69.0 Å². The lowest BCUT2D eigenvalue weighted by Crippen LogP contribution is -2.32. The number of halogens is 1. The Kier molecular flexibility index (Phi) is 6.64. The summed E-state index contributed by atoms with van der Waals surface area (Å²) in [6, 6.07) is 17.5. The molecule has 1 aliphatic heterocycles. The number of H-pyrrole nitrogens is 1. The number of nitrogens with zero attached hydrogens (tertiary/aromatic N) is 2. The number of aryl methyl sites for hydroxylation is 1. The number of ether oxygens (including phenoxy) is 1. The highest BCUT2D eigenvalue weighted by Gasteiger charge is 2.57. The molecule has 194 valence electrons. The summed E-state index contributed by atoms with van der Waals surface area (Å²) in [6.07, 6.45) is 0.456. The average Bonchev–Trinajstić information content (AvgIpc) is 3.43. The van der Waals surface area contributed by atoms with Gasteiger partial charge in [-0.15, -0.1) is 12.4 Å². The van der Waals surface area contributed by atoms with E-state index in [9.17, 15) is 14.7 Å². The third-order valence-electron chi connectivity index (χ3n) is 7.97. The zero-order valence-corrected chi connectivity index (χ0v) is 21.3. The minimum Gasteiger partial charge on any atom is -0.504 e. The summed E-state index contributed by atoms with van der Waals surface area (Å²) in [5.74, 6) is 0.404. The van der Waals surface area contributed by atoms with Gasteiger partial charge < -0.3 is 24.8 Å². The maximum absolute atomic E-state index is 12.5. The van der Waals surface area contributed by atoms with Crippen molar-refractivity contribution >= 4 is 24.2 Å². The van der Waals surface area contributed by atoms with Gasteiger partial charge in [0.15, 0.2) is 5.75 Å². The van der Waals surface area contributed by atoms with E-state index in [-0.39, 0.29) is 12.4 Å². The van der Waals surface area contributed by atoms with Crippen LogP contribution in [0, 0.1) is 11.8 Å². The number of fused-ring (bicyclic) bond motifs is 4. The number of anilines is 1. The van der Waals surface area contributed by atoms with Gasteiger partial charge in [0.1, 0.15) is 0 Å². The van der Waals surface area contributed by atoms with Gasteiger partial charge in [0.2, 0.25) is 5.75 Å². The first-order chi connectivity index (χ1) is 17.4. The van der Waals surface area contributed by atoms with Crippen LogP contribution < -0.4 is 15.2 Å². The molecule has 1 saturated carbocycles. The first kappa shape index (κ1) is 25.2. The molecule has 2 aromatic carbocycles. The normalized spacial score (nSPS) is 21.4. The first-order valence-corrected chi connectivity index (χ1v) is 12.4. The number of pyridine rings is 1. The molecule has 8 nitrogen and oxygen atoms in total. The fourth-order valence-corrected chi connectivity index (χ4v) is 6.28. The average molecular weight is 524 g/mol. The number of aromatic amines is 1. The molecule has 0 spiro atoms. The Morgan fingerprint density at radius 1 is 1.14 bits per heavy atom. The number of aromatic nitrogens is 1. The number of carbonyl (C=O) groups is 1. The predicted octanol–water partition coefficient (Wildman–Crippen LogP) is 4.28. The second-order valence-corrected chi connectivity index (χ2v) is 10.2. The molecule has 37 heavy (non-hydrogen) atoms. The van der Waals surface area contributed by atoms with E-state index in [1.54, 1.807) is 0 Å². The summed E-state index contributed by atoms with van der Waals surface area (Å²) in [4.78, 5) is 31.1. The van der Waals surface area contributed by atoms with Crippen molar-refractivity contribution < 1.29 is 19.7 Å². The van der Waals surface area contributed by atoms with Crippen LogP contribution in [0.2, 0.25) is 0 Å². The van der Waals surface area contributed by atoms with Gasteiger partial charge in [-0.1, -0.05) is 36.4 Å². The van der Waals surface area contributed by atoms with E-state index < -0.39 is 23.2 Å². The van der Waals surface area contributed by atoms with Gasteiger partial charge in [0, 0.05) is 42.5 Å². The first-order valence-electron chi connectivity index (χ1n) is 12.4. The minimum absolute atomic E-state index is 0. The fraction of sp³-hybridized carbons (Fsp3) is 0.357. The molecule has 9 heteroatoms. The number of piperidine rings is 1. The van der Waals surface area contributed by atoms with E-state index in [0.717, 1.165) is 43.6 Å². The van der Waals surface area contributed by atoms with Gasteiger partial charge in [-0.25, -0.2) is 4.79 Å². The topological polar surface area (TPSA) is 106 Å². The van der Waals surface area contributed by atoms with Gasteiger partial charge in [-0.05, 0) is 61.4 Å². The Bertz CT molecular complexity index is 1380. The smallest absolute Gasteiger partial charge is 0.504 e. The van der Waals surface area contributed by atoms with Crippen LogP contribution in [-0.4, -0.2) is 52.4 Å². The van der Waals surface area contributed by atoms with Gasteiger partial charge >= 0.3 is 6.16 Å². The van der Waals surface area contributed by atoms with E-state index in [1.807, 2.05) is 6.07 Å². The Hall–Kier alpha value is -3.49. The third kappa shape index (κ3) is 4.55. The van der Waals surface area contributed by atoms with Crippen molar-refractivity contribution in [2.45, 2.75) is 31.8 Å². The van der Waals surface area contributed by atoms with Crippen LogP contribution in [0.15, 0.2) is 53.3 Å². The predicted molar refractivity (Wildman–Crippen MR) is 143 cm³/mol. The maximum Gasteiger partial charge on any atom is 0.511 e. The second kappa shape index (κ2) is 9.76. The van der Waals surface area contributed by atoms with Crippen molar-refractivity contribution in [3.8, 4) is 22.8 Å². The summed E-state index contributed by atoms with van der Waals surface area (Å²) in [5, 5.41) is 19.5. The second-order valence-electron chi connectivity index (χ2n) is 10.2. The molecule has 3 aromatic rings.